The van der Waals surface area contributed by atoms with Gasteiger partial charge in [0.2, 0.25) is 0 Å². The maximum atomic E-state index is 5.08. The van der Waals surface area contributed by atoms with E-state index >= 15 is 0 Å². The van der Waals surface area contributed by atoms with Gasteiger partial charge in [-0.3, -0.25) is 4.40 Å². The average molecular weight is 205 g/mol. The third kappa shape index (κ3) is 2.10. The van der Waals surface area contributed by atoms with Crippen LogP contribution in [-0.4, -0.2) is 29.1 Å². The zero-order chi connectivity index (χ0) is 10.7. The molecule has 0 aliphatic carbocycles. The third-order valence-corrected chi connectivity index (χ3v) is 2.24. The van der Waals surface area contributed by atoms with Gasteiger partial charge in [-0.15, -0.1) is 0 Å². The molecule has 1 N–H and O–H groups in total. The molecule has 0 radical (unpaired) electrons. The van der Waals surface area contributed by atoms with Crippen LogP contribution in [0.25, 0.3) is 5.65 Å². The molecule has 2 rings (SSSR count). The first-order chi connectivity index (χ1) is 7.31. The molecule has 4 nitrogen and oxygen atoms in total. The summed E-state index contributed by atoms with van der Waals surface area (Å²) in [6.07, 6.45) is 3.73. The predicted molar refractivity (Wildman–Crippen MR) is 60.2 cm³/mol. The Morgan fingerprint density at radius 3 is 3.20 bits per heavy atom. The Bertz CT molecular complexity index is 438. The largest absolute Gasteiger partial charge is 0.383 e. The van der Waals surface area contributed by atoms with E-state index in [4.69, 9.17) is 4.74 Å². The molecule has 2 heterocycles. The summed E-state index contributed by atoms with van der Waals surface area (Å²) in [4.78, 5) is 4.22. The fourth-order valence-corrected chi connectivity index (χ4v) is 1.61. The minimum atomic E-state index is 0.281. The van der Waals surface area contributed by atoms with Crippen molar-refractivity contribution >= 4 is 11.5 Å². The maximum Gasteiger partial charge on any atom is 0.138 e. The van der Waals surface area contributed by atoms with Crippen molar-refractivity contribution in [1.29, 1.82) is 0 Å². The molecule has 0 bridgehead atoms. The summed E-state index contributed by atoms with van der Waals surface area (Å²) in [6.45, 7) is 2.77. The smallest absolute Gasteiger partial charge is 0.138 e. The number of rotatable bonds is 4. The molecule has 80 valence electrons. The van der Waals surface area contributed by atoms with Crippen molar-refractivity contribution in [2.45, 2.75) is 13.0 Å². The molecule has 0 spiro atoms. The molecule has 15 heavy (non-hydrogen) atoms. The van der Waals surface area contributed by atoms with Gasteiger partial charge in [0.05, 0.1) is 6.61 Å². The monoisotopic (exact) mass is 205 g/mol. The van der Waals surface area contributed by atoms with Crippen molar-refractivity contribution in [2.75, 3.05) is 19.0 Å². The summed E-state index contributed by atoms with van der Waals surface area (Å²) in [5.41, 5.74) is 0.949. The molecule has 2 aromatic rings. The number of fused-ring (bicyclic) bond motifs is 1. The lowest BCUT2D eigenvalue weighted by Crippen LogP contribution is -2.22. The molecule has 2 aromatic heterocycles. The number of nitrogens with zero attached hydrogens (tertiary/aromatic N) is 2. The van der Waals surface area contributed by atoms with E-state index in [2.05, 4.69) is 17.2 Å². The van der Waals surface area contributed by atoms with Crippen LogP contribution in [0.4, 0.5) is 5.82 Å². The topological polar surface area (TPSA) is 38.6 Å². The molecule has 0 saturated carbocycles. The lowest BCUT2D eigenvalue weighted by molar-refractivity contribution is 0.190. The molecule has 0 fully saturated rings. The molecular formula is C11H15N3O. The second kappa shape index (κ2) is 4.31. The summed E-state index contributed by atoms with van der Waals surface area (Å²) in [5, 5.41) is 3.37. The van der Waals surface area contributed by atoms with Gasteiger partial charge in [0, 0.05) is 25.5 Å². The van der Waals surface area contributed by atoms with Gasteiger partial charge in [-0.25, -0.2) is 4.98 Å². The Morgan fingerprint density at radius 2 is 2.40 bits per heavy atom. The SMILES string of the molecule is COCC(C)Nc1cccc2nccn12. The van der Waals surface area contributed by atoms with Crippen LogP contribution in [0.5, 0.6) is 0 Å². The fourth-order valence-electron chi connectivity index (χ4n) is 1.61. The molecule has 1 atom stereocenters. The van der Waals surface area contributed by atoms with Crippen molar-refractivity contribution < 1.29 is 4.74 Å². The molecule has 0 aromatic carbocycles. The van der Waals surface area contributed by atoms with Gasteiger partial charge < -0.3 is 10.1 Å². The third-order valence-electron chi connectivity index (χ3n) is 2.24. The van der Waals surface area contributed by atoms with Crippen LogP contribution in [0, 0.1) is 0 Å². The van der Waals surface area contributed by atoms with E-state index in [1.54, 1.807) is 13.3 Å². The van der Waals surface area contributed by atoms with Crippen molar-refractivity contribution in [3.63, 3.8) is 0 Å². The number of hydrogen-bond acceptors (Lipinski definition) is 3. The molecule has 0 aliphatic rings. The molecule has 0 amide bonds. The Hall–Kier alpha value is -1.55. The highest BCUT2D eigenvalue weighted by Crippen LogP contribution is 2.11. The second-order valence-corrected chi connectivity index (χ2v) is 3.57. The maximum absolute atomic E-state index is 5.08. The van der Waals surface area contributed by atoms with Crippen LogP contribution in [0.2, 0.25) is 0 Å². The van der Waals surface area contributed by atoms with Gasteiger partial charge in [-0.05, 0) is 19.1 Å². The molecule has 4 heteroatoms. The van der Waals surface area contributed by atoms with Gasteiger partial charge in [-0.1, -0.05) is 6.07 Å². The normalized spacial score (nSPS) is 12.9. The number of methoxy groups -OCH3 is 1. The lowest BCUT2D eigenvalue weighted by atomic mass is 10.3. The zero-order valence-electron chi connectivity index (χ0n) is 8.97. The minimum absolute atomic E-state index is 0.281. The standard InChI is InChI=1S/C11H15N3O/c1-9(8-15-2)13-11-5-3-4-10-12-6-7-14(10)11/h3-7,9,13H,8H2,1-2H3. The highest BCUT2D eigenvalue weighted by atomic mass is 16.5. The van der Waals surface area contributed by atoms with Crippen LogP contribution < -0.4 is 5.32 Å². The van der Waals surface area contributed by atoms with Crippen molar-refractivity contribution in [3.05, 3.63) is 30.6 Å². The fraction of sp³-hybridized carbons (Fsp3) is 0.364. The van der Waals surface area contributed by atoms with Crippen LogP contribution in [-0.2, 0) is 4.74 Å². The van der Waals surface area contributed by atoms with Crippen LogP contribution >= 0.6 is 0 Å². The highest BCUT2D eigenvalue weighted by molar-refractivity contribution is 5.50. The van der Waals surface area contributed by atoms with Crippen LogP contribution in [0.1, 0.15) is 6.92 Å². The number of hydrogen-bond donors (Lipinski definition) is 1. The van der Waals surface area contributed by atoms with Crippen molar-refractivity contribution in [2.24, 2.45) is 0 Å². The van der Waals surface area contributed by atoms with E-state index < -0.39 is 0 Å². The number of aromatic nitrogens is 2. The number of nitrogens with one attached hydrogen (secondary N) is 1. The van der Waals surface area contributed by atoms with Gasteiger partial charge in [0.1, 0.15) is 11.5 Å². The van der Waals surface area contributed by atoms with E-state index in [0.29, 0.717) is 6.61 Å². The van der Waals surface area contributed by atoms with Gasteiger partial charge in [-0.2, -0.15) is 0 Å². The number of pyridine rings is 1. The zero-order valence-corrected chi connectivity index (χ0v) is 8.97. The van der Waals surface area contributed by atoms with Gasteiger partial charge in [0.25, 0.3) is 0 Å². The minimum Gasteiger partial charge on any atom is -0.383 e. The molecule has 0 aliphatic heterocycles. The summed E-state index contributed by atoms with van der Waals surface area (Å²) in [6, 6.07) is 6.28. The first kappa shape index (κ1) is 9.98. The number of ether oxygens (including phenoxy) is 1. The Morgan fingerprint density at radius 1 is 1.53 bits per heavy atom. The van der Waals surface area contributed by atoms with E-state index in [0.717, 1.165) is 11.5 Å². The molecular weight excluding hydrogens is 190 g/mol. The molecule has 1 unspecified atom stereocenters. The van der Waals surface area contributed by atoms with Crippen molar-refractivity contribution in [1.82, 2.24) is 9.38 Å². The summed E-state index contributed by atoms with van der Waals surface area (Å²) in [7, 11) is 1.70. The van der Waals surface area contributed by atoms with E-state index in [1.807, 2.05) is 28.8 Å². The second-order valence-electron chi connectivity index (χ2n) is 3.57. The van der Waals surface area contributed by atoms with E-state index in [-0.39, 0.29) is 6.04 Å². The van der Waals surface area contributed by atoms with Crippen molar-refractivity contribution in [3.8, 4) is 0 Å². The first-order valence-electron chi connectivity index (χ1n) is 4.99. The summed E-state index contributed by atoms with van der Waals surface area (Å²) in [5.74, 6) is 1.04. The highest BCUT2D eigenvalue weighted by Gasteiger charge is 2.04. The van der Waals surface area contributed by atoms with Crippen LogP contribution in [0.15, 0.2) is 30.6 Å². The van der Waals surface area contributed by atoms with Gasteiger partial charge >= 0.3 is 0 Å². The number of anilines is 1. The lowest BCUT2D eigenvalue weighted by Gasteiger charge is -2.15. The Labute approximate surface area is 88.9 Å². The summed E-state index contributed by atoms with van der Waals surface area (Å²) >= 11 is 0. The van der Waals surface area contributed by atoms with E-state index in [9.17, 15) is 0 Å². The quantitative estimate of drug-likeness (QED) is 0.827. The van der Waals surface area contributed by atoms with Gasteiger partial charge in [0.15, 0.2) is 0 Å². The summed E-state index contributed by atoms with van der Waals surface area (Å²) < 4.78 is 7.10. The number of imidazole rings is 1. The predicted octanol–water partition coefficient (Wildman–Crippen LogP) is 1.78. The Balaban J connectivity index is 2.23. The van der Waals surface area contributed by atoms with Crippen LogP contribution in [0.3, 0.4) is 0 Å². The average Bonchev–Trinajstić information content (AvgIpc) is 2.67. The molecule has 0 saturated heterocycles. The van der Waals surface area contributed by atoms with E-state index in [1.165, 1.54) is 0 Å². The Kier molecular flexibility index (Phi) is 2.87. The first-order valence-corrected chi connectivity index (χ1v) is 4.99.